The Morgan fingerprint density at radius 2 is 1.63 bits per heavy atom. The summed E-state index contributed by atoms with van der Waals surface area (Å²) in [7, 11) is 0. The molecular weight excluding hydrogens is 258 g/mol. The van der Waals surface area contributed by atoms with Gasteiger partial charge in [0.25, 0.3) is 0 Å². The molecule has 2 atom stereocenters. The molecule has 0 aromatic heterocycles. The van der Waals surface area contributed by atoms with Crippen LogP contribution in [0.15, 0.2) is 54.6 Å². The molecule has 1 heterocycles. The van der Waals surface area contributed by atoms with Crippen molar-refractivity contribution < 1.29 is 4.79 Å². The molecule has 1 saturated heterocycles. The molecule has 1 fully saturated rings. The Bertz CT molecular complexity index is 594. The summed E-state index contributed by atoms with van der Waals surface area (Å²) in [6.45, 7) is 2.03. The maximum Gasteiger partial charge on any atom is 0.248 e. The van der Waals surface area contributed by atoms with Crippen LogP contribution in [0.5, 0.6) is 0 Å². The molecule has 2 aromatic carbocycles. The number of carbonyl (C=O) groups excluding carboxylic acids is 1. The Morgan fingerprint density at radius 1 is 1.00 bits per heavy atom. The molecule has 1 aliphatic rings. The topological polar surface area (TPSA) is 20.3 Å². The van der Waals surface area contributed by atoms with Gasteiger partial charge in [-0.3, -0.25) is 4.79 Å². The highest BCUT2D eigenvalue weighted by atomic mass is 35.5. The molecule has 0 saturated carbocycles. The van der Waals surface area contributed by atoms with Crippen LogP contribution in [0.1, 0.15) is 17.2 Å². The molecule has 0 spiro atoms. The van der Waals surface area contributed by atoms with Gasteiger partial charge in [0, 0.05) is 5.69 Å². The van der Waals surface area contributed by atoms with Gasteiger partial charge >= 0.3 is 0 Å². The number of hydrogen-bond donors (Lipinski definition) is 0. The molecule has 0 aliphatic carbocycles. The molecule has 0 bridgehead atoms. The van der Waals surface area contributed by atoms with Crippen LogP contribution in [0.3, 0.4) is 0 Å². The van der Waals surface area contributed by atoms with Gasteiger partial charge in [-0.25, -0.2) is 0 Å². The lowest BCUT2D eigenvalue weighted by molar-refractivity contribution is -0.123. The zero-order chi connectivity index (χ0) is 13.4. The number of benzene rings is 2. The van der Waals surface area contributed by atoms with Crippen LogP contribution in [-0.4, -0.2) is 11.3 Å². The number of aryl methyl sites for hydroxylation is 1. The number of nitrogens with zero attached hydrogens (tertiary/aromatic N) is 1. The molecule has 1 aliphatic heterocycles. The molecule has 19 heavy (non-hydrogen) atoms. The summed E-state index contributed by atoms with van der Waals surface area (Å²) >= 11 is 6.18. The van der Waals surface area contributed by atoms with Gasteiger partial charge < -0.3 is 4.90 Å². The number of anilines is 1. The third-order valence-electron chi connectivity index (χ3n) is 3.48. The first-order valence-electron chi connectivity index (χ1n) is 6.27. The second-order valence-electron chi connectivity index (χ2n) is 4.80. The molecule has 96 valence electrons. The van der Waals surface area contributed by atoms with Crippen LogP contribution >= 0.6 is 11.6 Å². The van der Waals surface area contributed by atoms with E-state index < -0.39 is 5.38 Å². The van der Waals surface area contributed by atoms with Crippen LogP contribution in [0.25, 0.3) is 0 Å². The fourth-order valence-corrected chi connectivity index (χ4v) is 2.78. The van der Waals surface area contributed by atoms with Crippen molar-refractivity contribution in [3.05, 3.63) is 65.7 Å². The van der Waals surface area contributed by atoms with Crippen molar-refractivity contribution in [1.29, 1.82) is 0 Å². The van der Waals surface area contributed by atoms with E-state index in [2.05, 4.69) is 0 Å². The monoisotopic (exact) mass is 271 g/mol. The number of hydrogen-bond acceptors (Lipinski definition) is 1. The van der Waals surface area contributed by atoms with Crippen LogP contribution in [0.4, 0.5) is 5.69 Å². The average molecular weight is 272 g/mol. The molecule has 0 N–H and O–H groups in total. The minimum Gasteiger partial charge on any atom is -0.302 e. The van der Waals surface area contributed by atoms with Gasteiger partial charge in [0.1, 0.15) is 5.38 Å². The third-order valence-corrected chi connectivity index (χ3v) is 3.91. The number of alkyl halides is 1. The minimum absolute atomic E-state index is 0.0284. The van der Waals surface area contributed by atoms with Gasteiger partial charge in [0.15, 0.2) is 0 Å². The highest BCUT2D eigenvalue weighted by molar-refractivity contribution is 6.37. The Labute approximate surface area is 117 Å². The van der Waals surface area contributed by atoms with Crippen LogP contribution in [0, 0.1) is 6.92 Å². The van der Waals surface area contributed by atoms with Crippen molar-refractivity contribution in [2.24, 2.45) is 0 Å². The Kier molecular flexibility index (Phi) is 3.03. The number of carbonyl (C=O) groups is 1. The summed E-state index contributed by atoms with van der Waals surface area (Å²) in [6, 6.07) is 17.8. The second kappa shape index (κ2) is 4.71. The predicted octanol–water partition coefficient (Wildman–Crippen LogP) is 3.69. The normalized spacial score (nSPS) is 22.2. The van der Waals surface area contributed by atoms with Crippen molar-refractivity contribution >= 4 is 23.2 Å². The number of amides is 1. The van der Waals surface area contributed by atoms with Gasteiger partial charge in [-0.15, -0.1) is 11.6 Å². The summed E-state index contributed by atoms with van der Waals surface area (Å²) in [4.78, 5) is 13.8. The summed E-state index contributed by atoms with van der Waals surface area (Å²) in [5.41, 5.74) is 3.15. The van der Waals surface area contributed by atoms with Gasteiger partial charge in [-0.2, -0.15) is 0 Å². The van der Waals surface area contributed by atoms with E-state index in [9.17, 15) is 4.79 Å². The average Bonchev–Trinajstić information content (AvgIpc) is 2.46. The lowest BCUT2D eigenvalue weighted by atomic mass is 9.92. The molecular formula is C16H14ClNO. The first-order valence-corrected chi connectivity index (χ1v) is 6.71. The lowest BCUT2D eigenvalue weighted by Gasteiger charge is -2.44. The van der Waals surface area contributed by atoms with Crippen LogP contribution in [-0.2, 0) is 4.79 Å². The smallest absolute Gasteiger partial charge is 0.248 e. The second-order valence-corrected chi connectivity index (χ2v) is 5.27. The molecule has 2 nitrogen and oxygen atoms in total. The summed E-state index contributed by atoms with van der Waals surface area (Å²) in [6.07, 6.45) is 0. The van der Waals surface area contributed by atoms with Gasteiger partial charge in [0.05, 0.1) is 6.04 Å². The van der Waals surface area contributed by atoms with Crippen molar-refractivity contribution in [3.8, 4) is 0 Å². The summed E-state index contributed by atoms with van der Waals surface area (Å²) < 4.78 is 0. The van der Waals surface area contributed by atoms with Crippen molar-refractivity contribution in [2.45, 2.75) is 18.3 Å². The zero-order valence-corrected chi connectivity index (χ0v) is 11.3. The molecule has 2 unspecified atom stereocenters. The van der Waals surface area contributed by atoms with Gasteiger partial charge in [-0.1, -0.05) is 48.0 Å². The number of halogens is 1. The first kappa shape index (κ1) is 12.2. The molecule has 3 heteroatoms. The van der Waals surface area contributed by atoms with E-state index in [-0.39, 0.29) is 11.9 Å². The summed E-state index contributed by atoms with van der Waals surface area (Å²) in [5, 5.41) is -0.469. The SMILES string of the molecule is Cc1ccc(N2C(=O)C(Cl)C2c2ccccc2)cc1. The fraction of sp³-hybridized carbons (Fsp3) is 0.188. The highest BCUT2D eigenvalue weighted by Crippen LogP contribution is 2.41. The first-order chi connectivity index (χ1) is 9.18. The standard InChI is InChI=1S/C16H14ClNO/c1-11-7-9-13(10-8-11)18-15(14(17)16(18)19)12-5-3-2-4-6-12/h2-10,14-15H,1H3. The predicted molar refractivity (Wildman–Crippen MR) is 77.5 cm³/mol. The van der Waals surface area contributed by atoms with Gasteiger partial charge in [-0.05, 0) is 24.6 Å². The largest absolute Gasteiger partial charge is 0.302 e. The van der Waals surface area contributed by atoms with Crippen molar-refractivity contribution in [1.82, 2.24) is 0 Å². The van der Waals surface area contributed by atoms with E-state index in [4.69, 9.17) is 11.6 Å². The lowest BCUT2D eigenvalue weighted by Crippen LogP contribution is -2.56. The quantitative estimate of drug-likeness (QED) is 0.603. The Balaban J connectivity index is 1.96. The maximum absolute atomic E-state index is 12.0. The molecule has 2 aromatic rings. The van der Waals surface area contributed by atoms with Crippen molar-refractivity contribution in [2.75, 3.05) is 4.90 Å². The van der Waals surface area contributed by atoms with E-state index in [1.54, 1.807) is 4.90 Å². The van der Waals surface area contributed by atoms with E-state index >= 15 is 0 Å². The van der Waals surface area contributed by atoms with Gasteiger partial charge in [0.2, 0.25) is 5.91 Å². The van der Waals surface area contributed by atoms with E-state index in [0.29, 0.717) is 0 Å². The number of rotatable bonds is 2. The van der Waals surface area contributed by atoms with Crippen molar-refractivity contribution in [3.63, 3.8) is 0 Å². The number of β-lactam (4-membered cyclic amide) rings is 1. The summed E-state index contributed by atoms with van der Waals surface area (Å²) in [5.74, 6) is -0.0284. The van der Waals surface area contributed by atoms with E-state index in [1.807, 2.05) is 61.5 Å². The molecule has 0 radical (unpaired) electrons. The third kappa shape index (κ3) is 2.02. The molecule has 3 rings (SSSR count). The minimum atomic E-state index is -0.469. The van der Waals surface area contributed by atoms with E-state index in [0.717, 1.165) is 11.3 Å². The Hall–Kier alpha value is -1.80. The van der Waals surface area contributed by atoms with E-state index in [1.165, 1.54) is 5.56 Å². The zero-order valence-electron chi connectivity index (χ0n) is 10.6. The Morgan fingerprint density at radius 3 is 2.26 bits per heavy atom. The molecule has 1 amide bonds. The highest BCUT2D eigenvalue weighted by Gasteiger charge is 2.47. The van der Waals surface area contributed by atoms with Crippen LogP contribution in [0.2, 0.25) is 0 Å². The fourth-order valence-electron chi connectivity index (χ4n) is 2.42. The van der Waals surface area contributed by atoms with Crippen LogP contribution < -0.4 is 4.90 Å². The maximum atomic E-state index is 12.0.